The smallest absolute Gasteiger partial charge is 0.293 e. The van der Waals surface area contributed by atoms with Gasteiger partial charge in [-0.15, -0.1) is 5.10 Å². The number of aliphatic hydroxyl groups is 1. The van der Waals surface area contributed by atoms with E-state index in [1.807, 2.05) is 18.2 Å². The van der Waals surface area contributed by atoms with Gasteiger partial charge in [-0.3, -0.25) is 4.79 Å². The maximum absolute atomic E-state index is 12.5. The van der Waals surface area contributed by atoms with Crippen molar-refractivity contribution < 1.29 is 9.90 Å². The van der Waals surface area contributed by atoms with Crippen molar-refractivity contribution in [2.45, 2.75) is 25.8 Å². The van der Waals surface area contributed by atoms with E-state index in [9.17, 15) is 4.79 Å². The summed E-state index contributed by atoms with van der Waals surface area (Å²) in [6.45, 7) is 2.02. The standard InChI is InChI=1S/C15H17ClN4O2/c1-10-17-14(15(22)19(8-9-21)11-6-7-11)18-20(10)13-5-3-2-4-12(13)16/h2-5,11,21H,6-9H2,1H3. The Morgan fingerprint density at radius 1 is 1.45 bits per heavy atom. The molecule has 3 rings (SSSR count). The second-order valence-electron chi connectivity index (χ2n) is 5.30. The Kier molecular flexibility index (Phi) is 4.13. The Balaban J connectivity index is 1.91. The van der Waals surface area contributed by atoms with Gasteiger partial charge in [-0.2, -0.15) is 0 Å². The van der Waals surface area contributed by atoms with Crippen LogP contribution < -0.4 is 0 Å². The number of amides is 1. The van der Waals surface area contributed by atoms with Gasteiger partial charge in [-0.05, 0) is 31.9 Å². The highest BCUT2D eigenvalue weighted by molar-refractivity contribution is 6.32. The van der Waals surface area contributed by atoms with Crippen molar-refractivity contribution in [3.63, 3.8) is 0 Å². The molecule has 1 aromatic heterocycles. The lowest BCUT2D eigenvalue weighted by Crippen LogP contribution is -2.36. The lowest BCUT2D eigenvalue weighted by Gasteiger charge is -2.19. The maximum atomic E-state index is 12.5. The van der Waals surface area contributed by atoms with E-state index in [4.69, 9.17) is 16.7 Å². The Hall–Kier alpha value is -1.92. The lowest BCUT2D eigenvalue weighted by molar-refractivity contribution is 0.0695. The fourth-order valence-corrected chi connectivity index (χ4v) is 2.62. The molecule has 1 saturated carbocycles. The van der Waals surface area contributed by atoms with E-state index in [1.165, 1.54) is 0 Å². The van der Waals surface area contributed by atoms with Crippen LogP contribution in [-0.4, -0.2) is 49.9 Å². The molecule has 116 valence electrons. The zero-order valence-corrected chi connectivity index (χ0v) is 13.0. The summed E-state index contributed by atoms with van der Waals surface area (Å²) in [7, 11) is 0. The van der Waals surface area contributed by atoms with Crippen molar-refractivity contribution >= 4 is 17.5 Å². The molecular weight excluding hydrogens is 304 g/mol. The minimum Gasteiger partial charge on any atom is -0.395 e. The van der Waals surface area contributed by atoms with Crippen molar-refractivity contribution in [2.75, 3.05) is 13.2 Å². The number of hydrogen-bond acceptors (Lipinski definition) is 4. The molecular formula is C15H17ClN4O2. The molecule has 22 heavy (non-hydrogen) atoms. The van der Waals surface area contributed by atoms with Crippen LogP contribution in [0.5, 0.6) is 0 Å². The molecule has 1 N–H and O–H groups in total. The van der Waals surface area contributed by atoms with Crippen LogP contribution in [0.1, 0.15) is 29.3 Å². The minimum atomic E-state index is -0.245. The molecule has 1 amide bonds. The molecule has 0 atom stereocenters. The van der Waals surface area contributed by atoms with Gasteiger partial charge in [0.05, 0.1) is 17.3 Å². The van der Waals surface area contributed by atoms with Crippen molar-refractivity contribution in [3.8, 4) is 5.69 Å². The third-order valence-corrected chi connectivity index (χ3v) is 3.95. The van der Waals surface area contributed by atoms with E-state index in [1.54, 1.807) is 22.6 Å². The quantitative estimate of drug-likeness (QED) is 0.912. The maximum Gasteiger partial charge on any atom is 0.293 e. The number of carbonyl (C=O) groups is 1. The van der Waals surface area contributed by atoms with Crippen LogP contribution in [0, 0.1) is 6.92 Å². The molecule has 1 aliphatic rings. The summed E-state index contributed by atoms with van der Waals surface area (Å²) in [5, 5.41) is 14.0. The second-order valence-corrected chi connectivity index (χ2v) is 5.71. The van der Waals surface area contributed by atoms with Gasteiger partial charge in [-0.1, -0.05) is 23.7 Å². The highest BCUT2D eigenvalue weighted by atomic mass is 35.5. The lowest BCUT2D eigenvalue weighted by atomic mass is 10.3. The van der Waals surface area contributed by atoms with Crippen molar-refractivity contribution in [1.29, 1.82) is 0 Å². The molecule has 7 heteroatoms. The number of benzene rings is 1. The number of aliphatic hydroxyl groups excluding tert-OH is 1. The van der Waals surface area contributed by atoms with Crippen LogP contribution in [0.4, 0.5) is 0 Å². The predicted molar refractivity (Wildman–Crippen MR) is 82.3 cm³/mol. The molecule has 1 fully saturated rings. The number of carbonyl (C=O) groups excluding carboxylic acids is 1. The summed E-state index contributed by atoms with van der Waals surface area (Å²) in [5.74, 6) is 0.486. The number of nitrogens with zero attached hydrogens (tertiary/aromatic N) is 4. The summed E-state index contributed by atoms with van der Waals surface area (Å²) in [5.41, 5.74) is 0.688. The van der Waals surface area contributed by atoms with Crippen molar-refractivity contribution in [2.24, 2.45) is 0 Å². The van der Waals surface area contributed by atoms with Gasteiger partial charge >= 0.3 is 0 Å². The Morgan fingerprint density at radius 3 is 2.82 bits per heavy atom. The van der Waals surface area contributed by atoms with Crippen LogP contribution in [0.2, 0.25) is 5.02 Å². The summed E-state index contributed by atoms with van der Waals surface area (Å²) in [6, 6.07) is 7.48. The van der Waals surface area contributed by atoms with Gasteiger partial charge in [0, 0.05) is 12.6 Å². The topological polar surface area (TPSA) is 71.2 Å². The number of aryl methyl sites for hydroxylation is 1. The first-order valence-electron chi connectivity index (χ1n) is 7.22. The van der Waals surface area contributed by atoms with Crippen LogP contribution in [0.15, 0.2) is 24.3 Å². The average Bonchev–Trinajstić information content (AvgIpc) is 3.27. The van der Waals surface area contributed by atoms with E-state index in [0.29, 0.717) is 23.1 Å². The van der Waals surface area contributed by atoms with Crippen LogP contribution in [0.3, 0.4) is 0 Å². The summed E-state index contributed by atoms with van der Waals surface area (Å²) >= 11 is 6.18. The van der Waals surface area contributed by atoms with Gasteiger partial charge < -0.3 is 10.0 Å². The highest BCUT2D eigenvalue weighted by Gasteiger charge is 2.34. The number of hydrogen-bond donors (Lipinski definition) is 1. The van der Waals surface area contributed by atoms with Crippen LogP contribution in [-0.2, 0) is 0 Å². The van der Waals surface area contributed by atoms with E-state index in [-0.39, 0.29) is 24.4 Å². The SMILES string of the molecule is Cc1nc(C(=O)N(CCO)C2CC2)nn1-c1ccccc1Cl. The van der Waals surface area contributed by atoms with Crippen LogP contribution in [0.25, 0.3) is 5.69 Å². The van der Waals surface area contributed by atoms with Gasteiger partial charge in [0.2, 0.25) is 5.82 Å². The van der Waals surface area contributed by atoms with Crippen molar-refractivity contribution in [1.82, 2.24) is 19.7 Å². The Labute approximate surface area is 133 Å². The molecule has 0 bridgehead atoms. The monoisotopic (exact) mass is 320 g/mol. The molecule has 0 aliphatic heterocycles. The largest absolute Gasteiger partial charge is 0.395 e. The van der Waals surface area contributed by atoms with E-state index in [0.717, 1.165) is 12.8 Å². The van der Waals surface area contributed by atoms with E-state index >= 15 is 0 Å². The zero-order valence-electron chi connectivity index (χ0n) is 12.2. The number of rotatable bonds is 5. The average molecular weight is 321 g/mol. The fourth-order valence-electron chi connectivity index (χ4n) is 2.40. The minimum absolute atomic E-state index is 0.0631. The molecule has 0 saturated heterocycles. The summed E-state index contributed by atoms with van der Waals surface area (Å²) in [6.07, 6.45) is 1.94. The number of halogens is 1. The van der Waals surface area contributed by atoms with E-state index < -0.39 is 0 Å². The highest BCUT2D eigenvalue weighted by Crippen LogP contribution is 2.28. The molecule has 1 aromatic carbocycles. The van der Waals surface area contributed by atoms with Crippen molar-refractivity contribution in [3.05, 3.63) is 40.9 Å². The predicted octanol–water partition coefficient (Wildman–Crippen LogP) is 1.83. The summed E-state index contributed by atoms with van der Waals surface area (Å²) in [4.78, 5) is 18.4. The zero-order chi connectivity index (χ0) is 15.7. The number of para-hydroxylation sites is 1. The first-order chi connectivity index (χ1) is 10.6. The Morgan fingerprint density at radius 2 is 2.18 bits per heavy atom. The first-order valence-corrected chi connectivity index (χ1v) is 7.60. The van der Waals surface area contributed by atoms with Gasteiger partial charge in [0.25, 0.3) is 5.91 Å². The molecule has 0 radical (unpaired) electrons. The third kappa shape index (κ3) is 2.84. The number of aromatic nitrogens is 3. The fraction of sp³-hybridized carbons (Fsp3) is 0.400. The Bertz CT molecular complexity index is 697. The van der Waals surface area contributed by atoms with Gasteiger partial charge in [-0.25, -0.2) is 9.67 Å². The second kappa shape index (κ2) is 6.06. The molecule has 1 aliphatic carbocycles. The van der Waals surface area contributed by atoms with Gasteiger partial charge in [0.1, 0.15) is 5.82 Å². The normalized spacial score (nSPS) is 14.1. The molecule has 0 spiro atoms. The van der Waals surface area contributed by atoms with Gasteiger partial charge in [0.15, 0.2) is 0 Å². The molecule has 2 aromatic rings. The molecule has 0 unspecified atom stereocenters. The third-order valence-electron chi connectivity index (χ3n) is 3.63. The molecule has 6 nitrogen and oxygen atoms in total. The summed E-state index contributed by atoms with van der Waals surface area (Å²) < 4.78 is 1.57. The first kappa shape index (κ1) is 15.0. The van der Waals surface area contributed by atoms with Crippen LogP contribution >= 0.6 is 11.6 Å². The molecule has 1 heterocycles. The van der Waals surface area contributed by atoms with E-state index in [2.05, 4.69) is 10.1 Å².